The normalized spacial score (nSPS) is 22.1. The van der Waals surface area contributed by atoms with E-state index in [4.69, 9.17) is 14.0 Å². The highest BCUT2D eigenvalue weighted by molar-refractivity contribution is 6.47. The van der Waals surface area contributed by atoms with E-state index >= 15 is 0 Å². The van der Waals surface area contributed by atoms with Gasteiger partial charge in [-0.25, -0.2) is 0 Å². The summed E-state index contributed by atoms with van der Waals surface area (Å²) in [5, 5.41) is 0. The summed E-state index contributed by atoms with van der Waals surface area (Å²) in [6.07, 6.45) is 9.29. The van der Waals surface area contributed by atoms with Crippen molar-refractivity contribution in [2.24, 2.45) is 5.92 Å². The predicted molar refractivity (Wildman–Crippen MR) is 121 cm³/mol. The summed E-state index contributed by atoms with van der Waals surface area (Å²) in [6, 6.07) is 10.3. The molecule has 3 rings (SSSR count). The third-order valence-corrected chi connectivity index (χ3v) is 7.27. The number of carbonyl (C=O) groups is 1. The molecule has 2 aliphatic rings. The van der Waals surface area contributed by atoms with Gasteiger partial charge in [0.2, 0.25) is 0 Å². The zero-order chi connectivity index (χ0) is 21.6. The number of ether oxygens (including phenoxy) is 1. The molecule has 30 heavy (non-hydrogen) atoms. The molecule has 1 aromatic rings. The van der Waals surface area contributed by atoms with Gasteiger partial charge in [0.1, 0.15) is 0 Å². The van der Waals surface area contributed by atoms with Crippen molar-refractivity contribution in [3.63, 3.8) is 0 Å². The van der Waals surface area contributed by atoms with Crippen molar-refractivity contribution in [1.82, 2.24) is 0 Å². The third-order valence-electron chi connectivity index (χ3n) is 7.27. The Labute approximate surface area is 183 Å². The van der Waals surface area contributed by atoms with Gasteiger partial charge in [-0.05, 0) is 64.3 Å². The molecular weight excluding hydrogens is 375 g/mol. The average Bonchev–Trinajstić information content (AvgIpc) is 2.94. The lowest BCUT2D eigenvalue weighted by Gasteiger charge is -2.32. The average molecular weight is 414 g/mol. The van der Waals surface area contributed by atoms with Gasteiger partial charge in [0.05, 0.1) is 17.8 Å². The molecule has 0 bridgehead atoms. The molecule has 1 aliphatic heterocycles. The van der Waals surface area contributed by atoms with Crippen LogP contribution in [0.5, 0.6) is 0 Å². The molecule has 2 fully saturated rings. The minimum absolute atomic E-state index is 0.0969. The van der Waals surface area contributed by atoms with E-state index < -0.39 is 0 Å². The molecular formula is C25H39BO4. The Morgan fingerprint density at radius 1 is 1.07 bits per heavy atom. The van der Waals surface area contributed by atoms with Crippen LogP contribution in [0.15, 0.2) is 30.3 Å². The minimum Gasteiger partial charge on any atom is -0.466 e. The quantitative estimate of drug-likeness (QED) is 0.283. The summed E-state index contributed by atoms with van der Waals surface area (Å²) in [5.41, 5.74) is 0.622. The summed E-state index contributed by atoms with van der Waals surface area (Å²) in [7, 11) is -0.232. The van der Waals surface area contributed by atoms with Gasteiger partial charge in [-0.15, -0.1) is 0 Å². The van der Waals surface area contributed by atoms with Crippen molar-refractivity contribution in [2.45, 2.75) is 103 Å². The van der Waals surface area contributed by atoms with Crippen LogP contribution in [-0.4, -0.2) is 30.9 Å². The van der Waals surface area contributed by atoms with E-state index in [1.807, 2.05) is 18.2 Å². The summed E-state index contributed by atoms with van der Waals surface area (Å²) in [4.78, 5) is 12.4. The molecule has 0 amide bonds. The maximum Gasteiger partial charge on any atom is 0.461 e. The summed E-state index contributed by atoms with van der Waals surface area (Å²) < 4.78 is 18.3. The number of esters is 1. The zero-order valence-electron chi connectivity index (χ0n) is 19.3. The molecule has 1 atom stereocenters. The van der Waals surface area contributed by atoms with Gasteiger partial charge in [0.25, 0.3) is 0 Å². The lowest BCUT2D eigenvalue weighted by Crippen LogP contribution is -2.41. The third kappa shape index (κ3) is 6.10. The standard InChI is InChI=1S/C25H39BO4/c1-24(2)25(3,4)30-26(29-24)22(21-15-9-6-10-16-21)17-18-23(27)28-19-11-14-20-12-7-5-8-13-20/h5,7-8,12-13,21-22H,6,9-11,14-19H2,1-4H3. The van der Waals surface area contributed by atoms with Crippen molar-refractivity contribution in [3.05, 3.63) is 35.9 Å². The van der Waals surface area contributed by atoms with E-state index in [1.165, 1.54) is 37.7 Å². The molecule has 0 N–H and O–H groups in total. The van der Waals surface area contributed by atoms with E-state index in [-0.39, 0.29) is 30.1 Å². The van der Waals surface area contributed by atoms with Gasteiger partial charge < -0.3 is 14.0 Å². The molecule has 1 saturated heterocycles. The van der Waals surface area contributed by atoms with Crippen LogP contribution in [0.25, 0.3) is 0 Å². The Kier molecular flexibility index (Phi) is 8.03. The molecule has 1 saturated carbocycles. The maximum atomic E-state index is 12.4. The SMILES string of the molecule is CC1(C)OB(C(CCC(=O)OCCCc2ccccc2)C2CCCCC2)OC1(C)C. The van der Waals surface area contributed by atoms with Crippen LogP contribution >= 0.6 is 0 Å². The van der Waals surface area contributed by atoms with Crippen LogP contribution in [0.4, 0.5) is 0 Å². The Balaban J connectivity index is 1.49. The Morgan fingerprint density at radius 2 is 1.70 bits per heavy atom. The Morgan fingerprint density at radius 3 is 2.33 bits per heavy atom. The predicted octanol–water partition coefficient (Wildman–Crippen LogP) is 5.99. The molecule has 4 nitrogen and oxygen atoms in total. The van der Waals surface area contributed by atoms with E-state index in [2.05, 4.69) is 39.8 Å². The van der Waals surface area contributed by atoms with Gasteiger partial charge >= 0.3 is 13.1 Å². The van der Waals surface area contributed by atoms with Crippen molar-refractivity contribution >= 4 is 13.1 Å². The van der Waals surface area contributed by atoms with Gasteiger partial charge in [-0.3, -0.25) is 4.79 Å². The van der Waals surface area contributed by atoms with Gasteiger partial charge in [-0.1, -0.05) is 62.4 Å². The van der Waals surface area contributed by atoms with Gasteiger partial charge in [-0.2, -0.15) is 0 Å². The summed E-state index contributed by atoms with van der Waals surface area (Å²) in [6.45, 7) is 8.90. The molecule has 0 aromatic heterocycles. The van der Waals surface area contributed by atoms with Gasteiger partial charge in [0, 0.05) is 6.42 Å². The van der Waals surface area contributed by atoms with Gasteiger partial charge in [0.15, 0.2) is 0 Å². The first-order valence-electron chi connectivity index (χ1n) is 11.8. The zero-order valence-corrected chi connectivity index (χ0v) is 19.3. The fourth-order valence-electron chi connectivity index (χ4n) is 4.68. The van der Waals surface area contributed by atoms with Crippen molar-refractivity contribution in [2.75, 3.05) is 6.61 Å². The largest absolute Gasteiger partial charge is 0.466 e. The smallest absolute Gasteiger partial charge is 0.461 e. The van der Waals surface area contributed by atoms with Crippen LogP contribution in [0.3, 0.4) is 0 Å². The number of hydrogen-bond donors (Lipinski definition) is 0. The first-order chi connectivity index (χ1) is 14.3. The number of hydrogen-bond acceptors (Lipinski definition) is 4. The van der Waals surface area contributed by atoms with Crippen LogP contribution in [0.2, 0.25) is 5.82 Å². The van der Waals surface area contributed by atoms with E-state index in [1.54, 1.807) is 0 Å². The lowest BCUT2D eigenvalue weighted by molar-refractivity contribution is -0.143. The Hall–Kier alpha value is -1.33. The molecule has 0 radical (unpaired) electrons. The summed E-state index contributed by atoms with van der Waals surface area (Å²) >= 11 is 0. The second kappa shape index (κ2) is 10.3. The molecule has 1 heterocycles. The van der Waals surface area contributed by atoms with E-state index in [0.29, 0.717) is 18.9 Å². The number of rotatable bonds is 9. The fraction of sp³-hybridized carbons (Fsp3) is 0.720. The first kappa shape index (κ1) is 23.3. The highest BCUT2D eigenvalue weighted by atomic mass is 16.7. The topological polar surface area (TPSA) is 44.8 Å². The lowest BCUT2D eigenvalue weighted by atomic mass is 9.59. The molecule has 1 aromatic carbocycles. The van der Waals surface area contributed by atoms with Crippen LogP contribution in [-0.2, 0) is 25.3 Å². The fourth-order valence-corrected chi connectivity index (χ4v) is 4.68. The number of carbonyl (C=O) groups excluding carboxylic acids is 1. The first-order valence-corrected chi connectivity index (χ1v) is 11.8. The van der Waals surface area contributed by atoms with Crippen molar-refractivity contribution < 1.29 is 18.8 Å². The van der Waals surface area contributed by atoms with Crippen LogP contribution in [0.1, 0.15) is 84.6 Å². The summed E-state index contributed by atoms with van der Waals surface area (Å²) in [5.74, 6) is 0.725. The molecule has 5 heteroatoms. The highest BCUT2D eigenvalue weighted by Gasteiger charge is 2.54. The number of benzene rings is 1. The minimum atomic E-state index is -0.331. The molecule has 1 aliphatic carbocycles. The molecule has 0 spiro atoms. The second-order valence-electron chi connectivity index (χ2n) is 10.0. The maximum absolute atomic E-state index is 12.4. The monoisotopic (exact) mass is 414 g/mol. The van der Waals surface area contributed by atoms with Crippen LogP contribution < -0.4 is 0 Å². The number of aryl methyl sites for hydroxylation is 1. The van der Waals surface area contributed by atoms with Crippen molar-refractivity contribution in [3.8, 4) is 0 Å². The second-order valence-corrected chi connectivity index (χ2v) is 10.0. The van der Waals surface area contributed by atoms with Crippen molar-refractivity contribution in [1.29, 1.82) is 0 Å². The Bertz CT molecular complexity index is 651. The highest BCUT2D eigenvalue weighted by Crippen LogP contribution is 2.46. The van der Waals surface area contributed by atoms with E-state index in [0.717, 1.165) is 19.3 Å². The molecule has 1 unspecified atom stereocenters. The van der Waals surface area contributed by atoms with Crippen LogP contribution in [0, 0.1) is 5.92 Å². The van der Waals surface area contributed by atoms with E-state index in [9.17, 15) is 4.79 Å². The molecule has 166 valence electrons.